The lowest BCUT2D eigenvalue weighted by atomic mass is 10.1. The molecule has 0 spiro atoms. The minimum Gasteiger partial charge on any atom is -0.350 e. The van der Waals surface area contributed by atoms with Gasteiger partial charge in [-0.15, -0.1) is 0 Å². The Labute approximate surface area is 204 Å². The fraction of sp³-hybridized carbons (Fsp3) is 0.462. The molecule has 0 fully saturated rings. The molecule has 0 heterocycles. The zero-order chi connectivity index (χ0) is 25.7. The Bertz CT molecular complexity index is 1090. The van der Waals surface area contributed by atoms with E-state index in [2.05, 4.69) is 5.32 Å². The Balaban J connectivity index is 2.36. The molecule has 0 aliphatic heterocycles. The van der Waals surface area contributed by atoms with Crippen LogP contribution in [0, 0.1) is 13.8 Å². The van der Waals surface area contributed by atoms with Gasteiger partial charge in [0.05, 0.1) is 11.9 Å². The molecule has 0 unspecified atom stereocenters. The normalized spacial score (nSPS) is 12.7. The lowest BCUT2D eigenvalue weighted by molar-refractivity contribution is -0.139. The summed E-state index contributed by atoms with van der Waals surface area (Å²) in [5.74, 6) is -0.719. The number of benzene rings is 2. The van der Waals surface area contributed by atoms with Crippen LogP contribution in [-0.2, 0) is 26.0 Å². The van der Waals surface area contributed by atoms with Crippen LogP contribution in [0.4, 0.5) is 5.69 Å². The van der Waals surface area contributed by atoms with Crippen molar-refractivity contribution in [2.24, 2.45) is 0 Å². The third-order valence-corrected chi connectivity index (χ3v) is 6.46. The monoisotopic (exact) mass is 487 g/mol. The van der Waals surface area contributed by atoms with Gasteiger partial charge in [0.2, 0.25) is 21.8 Å². The molecule has 8 heteroatoms. The molecule has 0 saturated heterocycles. The smallest absolute Gasteiger partial charge is 0.244 e. The molecule has 0 aliphatic carbocycles. The van der Waals surface area contributed by atoms with Gasteiger partial charge in [-0.25, -0.2) is 8.42 Å². The average Bonchev–Trinajstić information content (AvgIpc) is 2.70. The van der Waals surface area contributed by atoms with Gasteiger partial charge in [-0.2, -0.15) is 0 Å². The molecular formula is C26H37N3O4S. The van der Waals surface area contributed by atoms with E-state index in [4.69, 9.17) is 0 Å². The van der Waals surface area contributed by atoms with E-state index >= 15 is 0 Å². The van der Waals surface area contributed by atoms with Crippen molar-refractivity contribution in [2.75, 3.05) is 23.7 Å². The summed E-state index contributed by atoms with van der Waals surface area (Å²) in [5, 5.41) is 2.92. The number of amides is 2. The van der Waals surface area contributed by atoms with Crippen LogP contribution in [0.2, 0.25) is 0 Å². The SMILES string of the molecule is Cc1cc(C)cc(N(CC(=O)N(CCc2ccccc2)[C@@H](C)C(=O)NC(C)(C)C)S(C)(=O)=O)c1. The molecule has 0 saturated carbocycles. The maximum atomic E-state index is 13.5. The molecule has 1 atom stereocenters. The second-order valence-corrected chi connectivity index (χ2v) is 11.8. The Morgan fingerprint density at radius 3 is 2.06 bits per heavy atom. The summed E-state index contributed by atoms with van der Waals surface area (Å²) >= 11 is 0. The number of rotatable bonds is 9. The van der Waals surface area contributed by atoms with Crippen LogP contribution >= 0.6 is 0 Å². The Kier molecular flexibility index (Phi) is 8.89. The first-order valence-corrected chi connectivity index (χ1v) is 13.2. The van der Waals surface area contributed by atoms with Crippen molar-refractivity contribution in [1.82, 2.24) is 10.2 Å². The van der Waals surface area contributed by atoms with E-state index in [1.165, 1.54) is 4.90 Å². The number of aryl methyl sites for hydroxylation is 2. The quantitative estimate of drug-likeness (QED) is 0.587. The van der Waals surface area contributed by atoms with E-state index in [1.807, 2.05) is 71.0 Å². The van der Waals surface area contributed by atoms with Crippen LogP contribution in [0.15, 0.2) is 48.5 Å². The molecule has 1 N–H and O–H groups in total. The lowest BCUT2D eigenvalue weighted by Gasteiger charge is -2.33. The third kappa shape index (κ3) is 8.17. The van der Waals surface area contributed by atoms with Crippen molar-refractivity contribution in [3.8, 4) is 0 Å². The summed E-state index contributed by atoms with van der Waals surface area (Å²) < 4.78 is 26.4. The molecule has 2 aromatic rings. The zero-order valence-electron chi connectivity index (χ0n) is 21.3. The maximum Gasteiger partial charge on any atom is 0.244 e. The van der Waals surface area contributed by atoms with Crippen molar-refractivity contribution in [1.29, 1.82) is 0 Å². The molecule has 2 rings (SSSR count). The number of anilines is 1. The van der Waals surface area contributed by atoms with Gasteiger partial charge in [0.15, 0.2) is 0 Å². The van der Waals surface area contributed by atoms with Gasteiger partial charge in [-0.3, -0.25) is 13.9 Å². The minimum absolute atomic E-state index is 0.284. The molecule has 0 aliphatic rings. The van der Waals surface area contributed by atoms with Gasteiger partial charge in [0.25, 0.3) is 0 Å². The van der Waals surface area contributed by atoms with Crippen molar-refractivity contribution >= 4 is 27.5 Å². The summed E-state index contributed by atoms with van der Waals surface area (Å²) in [6, 6.07) is 14.3. The first-order chi connectivity index (χ1) is 15.7. The van der Waals surface area contributed by atoms with Crippen LogP contribution in [0.3, 0.4) is 0 Å². The predicted octanol–water partition coefficient (Wildman–Crippen LogP) is 3.44. The topological polar surface area (TPSA) is 86.8 Å². The molecule has 0 bridgehead atoms. The summed E-state index contributed by atoms with van der Waals surface area (Å²) in [7, 11) is -3.74. The van der Waals surface area contributed by atoms with Gasteiger partial charge in [-0.05, 0) is 76.8 Å². The number of hydrogen-bond donors (Lipinski definition) is 1. The van der Waals surface area contributed by atoms with Crippen molar-refractivity contribution < 1.29 is 18.0 Å². The van der Waals surface area contributed by atoms with E-state index < -0.39 is 27.5 Å². The van der Waals surface area contributed by atoms with E-state index in [1.54, 1.807) is 19.1 Å². The fourth-order valence-electron chi connectivity index (χ4n) is 3.75. The molecule has 2 aromatic carbocycles. The Morgan fingerprint density at radius 2 is 1.56 bits per heavy atom. The van der Waals surface area contributed by atoms with E-state index in [9.17, 15) is 18.0 Å². The summed E-state index contributed by atoms with van der Waals surface area (Å²) in [5.41, 5.74) is 2.79. The summed E-state index contributed by atoms with van der Waals surface area (Å²) in [4.78, 5) is 27.9. The lowest BCUT2D eigenvalue weighted by Crippen LogP contribution is -2.55. The zero-order valence-corrected chi connectivity index (χ0v) is 22.1. The third-order valence-electron chi connectivity index (χ3n) is 5.32. The first-order valence-electron chi connectivity index (χ1n) is 11.4. The van der Waals surface area contributed by atoms with E-state index in [0.717, 1.165) is 27.3 Å². The summed E-state index contributed by atoms with van der Waals surface area (Å²) in [6.45, 7) is 11.0. The number of sulfonamides is 1. The highest BCUT2D eigenvalue weighted by molar-refractivity contribution is 7.92. The molecule has 0 radical (unpaired) electrons. The molecular weight excluding hydrogens is 450 g/mol. The second kappa shape index (κ2) is 11.0. The number of carbonyl (C=O) groups is 2. The molecule has 7 nitrogen and oxygen atoms in total. The maximum absolute atomic E-state index is 13.5. The standard InChI is InChI=1S/C26H37N3O4S/c1-19-15-20(2)17-23(16-19)29(34(7,32)33)18-24(30)28(14-13-22-11-9-8-10-12-22)21(3)25(31)27-26(4,5)6/h8-12,15-17,21H,13-14,18H2,1-7H3,(H,27,31)/t21-/m0/s1. The highest BCUT2D eigenvalue weighted by Crippen LogP contribution is 2.22. The Morgan fingerprint density at radius 1 is 1.00 bits per heavy atom. The highest BCUT2D eigenvalue weighted by atomic mass is 32.2. The van der Waals surface area contributed by atoms with Crippen molar-refractivity contribution in [2.45, 2.75) is 59.5 Å². The van der Waals surface area contributed by atoms with Gasteiger partial charge < -0.3 is 10.2 Å². The largest absolute Gasteiger partial charge is 0.350 e. The molecule has 186 valence electrons. The summed E-state index contributed by atoms with van der Waals surface area (Å²) in [6.07, 6.45) is 1.63. The number of carbonyl (C=O) groups excluding carboxylic acids is 2. The van der Waals surface area contributed by atoms with Gasteiger partial charge in [0.1, 0.15) is 12.6 Å². The Hall–Kier alpha value is -2.87. The predicted molar refractivity (Wildman–Crippen MR) is 137 cm³/mol. The van der Waals surface area contributed by atoms with Crippen LogP contribution in [0.1, 0.15) is 44.4 Å². The van der Waals surface area contributed by atoms with E-state index in [0.29, 0.717) is 12.1 Å². The number of hydrogen-bond acceptors (Lipinski definition) is 4. The highest BCUT2D eigenvalue weighted by Gasteiger charge is 2.31. The van der Waals surface area contributed by atoms with Crippen LogP contribution in [0.5, 0.6) is 0 Å². The van der Waals surface area contributed by atoms with Crippen LogP contribution in [-0.4, -0.2) is 56.1 Å². The van der Waals surface area contributed by atoms with E-state index in [-0.39, 0.29) is 19.0 Å². The van der Waals surface area contributed by atoms with Crippen LogP contribution in [0.25, 0.3) is 0 Å². The fourth-order valence-corrected chi connectivity index (χ4v) is 4.59. The minimum atomic E-state index is -3.74. The molecule has 0 aromatic heterocycles. The second-order valence-electron chi connectivity index (χ2n) is 9.85. The van der Waals surface area contributed by atoms with Gasteiger partial charge >= 0.3 is 0 Å². The van der Waals surface area contributed by atoms with Crippen molar-refractivity contribution in [3.05, 3.63) is 65.2 Å². The van der Waals surface area contributed by atoms with Gasteiger partial charge in [0, 0.05) is 12.1 Å². The average molecular weight is 488 g/mol. The van der Waals surface area contributed by atoms with Crippen LogP contribution < -0.4 is 9.62 Å². The number of nitrogens with zero attached hydrogens (tertiary/aromatic N) is 2. The first kappa shape index (κ1) is 27.4. The van der Waals surface area contributed by atoms with Gasteiger partial charge in [-0.1, -0.05) is 36.4 Å². The molecule has 34 heavy (non-hydrogen) atoms. The number of nitrogens with one attached hydrogen (secondary N) is 1. The van der Waals surface area contributed by atoms with Crippen molar-refractivity contribution in [3.63, 3.8) is 0 Å². The molecule has 2 amide bonds.